The van der Waals surface area contributed by atoms with E-state index in [0.29, 0.717) is 31.4 Å². The highest BCUT2D eigenvalue weighted by Gasteiger charge is 2.33. The summed E-state index contributed by atoms with van der Waals surface area (Å²) >= 11 is 7.39. The van der Waals surface area contributed by atoms with Crippen molar-refractivity contribution in [3.05, 3.63) is 113 Å². The normalized spacial score (nSPS) is 15.2. The number of hydrogen-bond donors (Lipinski definition) is 0. The number of benzene rings is 2. The lowest BCUT2D eigenvalue weighted by Crippen LogP contribution is -2.39. The van der Waals surface area contributed by atoms with Crippen LogP contribution in [0.2, 0.25) is 5.02 Å². The Morgan fingerprint density at radius 2 is 1.79 bits per heavy atom. The van der Waals surface area contributed by atoms with Crippen LogP contribution in [0.5, 0.6) is 5.75 Å². The molecule has 1 aliphatic heterocycles. The molecule has 1 atom stereocenters. The first-order valence-electron chi connectivity index (χ1n) is 12.5. The first-order chi connectivity index (χ1) is 18.7. The number of thiazole rings is 1. The zero-order valence-corrected chi connectivity index (χ0v) is 23.9. The summed E-state index contributed by atoms with van der Waals surface area (Å²) in [5.74, 6) is 0.195. The maximum absolute atomic E-state index is 13.9. The lowest BCUT2D eigenvalue weighted by molar-refractivity contribution is -0.139. The molecule has 7 nitrogen and oxygen atoms in total. The maximum atomic E-state index is 13.9. The summed E-state index contributed by atoms with van der Waals surface area (Å²) in [5, 5.41) is 0.673. The van der Waals surface area contributed by atoms with Crippen molar-refractivity contribution in [3.63, 3.8) is 0 Å². The molecule has 0 amide bonds. The average Bonchev–Trinajstić information content (AvgIpc) is 3.38. The first kappa shape index (κ1) is 26.7. The van der Waals surface area contributed by atoms with E-state index in [0.717, 1.165) is 28.2 Å². The van der Waals surface area contributed by atoms with Gasteiger partial charge in [-0.15, -0.1) is 0 Å². The Labute approximate surface area is 234 Å². The van der Waals surface area contributed by atoms with Gasteiger partial charge in [-0.3, -0.25) is 9.36 Å². The minimum Gasteiger partial charge on any atom is -0.497 e. The van der Waals surface area contributed by atoms with Crippen molar-refractivity contribution < 1.29 is 14.3 Å². The first-order valence-corrected chi connectivity index (χ1v) is 13.7. The molecule has 0 fully saturated rings. The number of methoxy groups -OCH3 is 1. The van der Waals surface area contributed by atoms with Crippen LogP contribution in [0.15, 0.2) is 75.7 Å². The van der Waals surface area contributed by atoms with Crippen LogP contribution in [-0.4, -0.2) is 28.8 Å². The zero-order chi connectivity index (χ0) is 27.8. The van der Waals surface area contributed by atoms with Gasteiger partial charge >= 0.3 is 5.97 Å². The van der Waals surface area contributed by atoms with E-state index in [2.05, 4.69) is 15.6 Å². The van der Waals surface area contributed by atoms with E-state index in [4.69, 9.17) is 21.1 Å². The van der Waals surface area contributed by atoms with E-state index >= 15 is 0 Å². The second-order valence-electron chi connectivity index (χ2n) is 9.21. The van der Waals surface area contributed by atoms with Crippen LogP contribution in [0.25, 0.3) is 11.8 Å². The SMILES string of the molecule is CCOC(=O)C1=C(C)N=c2s/c(=C\c3cc(C)n(-c4ccc(Cl)cc4)c3C)c(=O)n2[C@H]1c1ccc(OC)cc1. The van der Waals surface area contributed by atoms with Crippen molar-refractivity contribution >= 4 is 35.0 Å². The molecule has 0 saturated carbocycles. The van der Waals surface area contributed by atoms with Gasteiger partial charge in [0.2, 0.25) is 0 Å². The number of fused-ring (bicyclic) bond motifs is 1. The summed E-state index contributed by atoms with van der Waals surface area (Å²) in [7, 11) is 1.59. The largest absolute Gasteiger partial charge is 0.497 e. The number of aryl methyl sites for hydroxylation is 1. The second kappa shape index (κ2) is 10.7. The van der Waals surface area contributed by atoms with Crippen LogP contribution in [-0.2, 0) is 9.53 Å². The third-order valence-electron chi connectivity index (χ3n) is 6.79. The van der Waals surface area contributed by atoms with Gasteiger partial charge < -0.3 is 14.0 Å². The fraction of sp³-hybridized carbons (Fsp3) is 0.233. The number of esters is 1. The second-order valence-corrected chi connectivity index (χ2v) is 10.7. The van der Waals surface area contributed by atoms with Crippen LogP contribution in [0.3, 0.4) is 0 Å². The Kier molecular flexibility index (Phi) is 7.34. The molecule has 9 heteroatoms. The standard InChI is InChI=1S/C30H28ClN3O4S/c1-6-38-29(36)26-18(3)32-30-34(27(26)20-7-13-24(37-5)14-8-20)28(35)25(39-30)16-21-15-17(2)33(19(21)4)23-11-9-22(31)10-12-23/h7-16,27H,6H2,1-5H3/b25-16-/t27-/m0/s1. The third-order valence-corrected chi connectivity index (χ3v) is 8.03. The van der Waals surface area contributed by atoms with Crippen molar-refractivity contribution in [1.82, 2.24) is 9.13 Å². The van der Waals surface area contributed by atoms with Crippen molar-refractivity contribution in [2.24, 2.45) is 4.99 Å². The molecule has 5 rings (SSSR count). The molecule has 1 aliphatic rings. The fourth-order valence-electron chi connectivity index (χ4n) is 4.96. The number of halogens is 1. The van der Waals surface area contributed by atoms with Gasteiger partial charge in [0.25, 0.3) is 5.56 Å². The molecule has 200 valence electrons. The molecule has 0 unspecified atom stereocenters. The van der Waals surface area contributed by atoms with Gasteiger partial charge in [0.1, 0.15) is 5.75 Å². The van der Waals surface area contributed by atoms with Crippen molar-refractivity contribution in [2.75, 3.05) is 13.7 Å². The smallest absolute Gasteiger partial charge is 0.338 e. The zero-order valence-electron chi connectivity index (χ0n) is 22.3. The number of carbonyl (C=O) groups is 1. The van der Waals surface area contributed by atoms with Crippen LogP contribution in [0.1, 0.15) is 42.4 Å². The van der Waals surface area contributed by atoms with Gasteiger partial charge in [0, 0.05) is 22.1 Å². The summed E-state index contributed by atoms with van der Waals surface area (Å²) in [6, 6.07) is 16.4. The quantitative estimate of drug-likeness (QED) is 0.315. The molecule has 4 aromatic rings. The summed E-state index contributed by atoms with van der Waals surface area (Å²) in [4.78, 5) is 32.2. The number of rotatable bonds is 6. The van der Waals surface area contributed by atoms with E-state index in [1.165, 1.54) is 11.3 Å². The number of aromatic nitrogens is 2. The van der Waals surface area contributed by atoms with Crippen LogP contribution in [0, 0.1) is 13.8 Å². The molecule has 0 N–H and O–H groups in total. The highest BCUT2D eigenvalue weighted by atomic mass is 35.5. The minimum atomic E-state index is -0.671. The van der Waals surface area contributed by atoms with Gasteiger partial charge in [-0.1, -0.05) is 35.1 Å². The van der Waals surface area contributed by atoms with Crippen LogP contribution < -0.4 is 19.6 Å². The molecule has 3 heterocycles. The van der Waals surface area contributed by atoms with Gasteiger partial charge in [0.05, 0.1) is 35.6 Å². The van der Waals surface area contributed by atoms with Gasteiger partial charge in [-0.25, -0.2) is 9.79 Å². The number of hydrogen-bond acceptors (Lipinski definition) is 6. The van der Waals surface area contributed by atoms with Gasteiger partial charge in [-0.2, -0.15) is 0 Å². The molecule has 2 aromatic heterocycles. The van der Waals surface area contributed by atoms with E-state index < -0.39 is 12.0 Å². The lowest BCUT2D eigenvalue weighted by Gasteiger charge is -2.24. The monoisotopic (exact) mass is 561 g/mol. The third kappa shape index (κ3) is 4.86. The van der Waals surface area contributed by atoms with E-state index in [1.807, 2.05) is 68.5 Å². The maximum Gasteiger partial charge on any atom is 0.338 e. The summed E-state index contributed by atoms with van der Waals surface area (Å²) in [5.41, 5.74) is 5.37. The Morgan fingerprint density at radius 1 is 1.10 bits per heavy atom. The van der Waals surface area contributed by atoms with Gasteiger partial charge in [0.15, 0.2) is 4.80 Å². The number of allylic oxidation sites excluding steroid dienone is 1. The Morgan fingerprint density at radius 3 is 2.44 bits per heavy atom. The van der Waals surface area contributed by atoms with Crippen LogP contribution >= 0.6 is 22.9 Å². The van der Waals surface area contributed by atoms with Gasteiger partial charge in [-0.05, 0) is 87.4 Å². The topological polar surface area (TPSA) is 74.8 Å². The minimum absolute atomic E-state index is 0.217. The van der Waals surface area contributed by atoms with E-state index in [9.17, 15) is 9.59 Å². The average molecular weight is 562 g/mol. The highest BCUT2D eigenvalue weighted by Crippen LogP contribution is 2.31. The van der Waals surface area contributed by atoms with Crippen molar-refractivity contribution in [1.29, 1.82) is 0 Å². The molecule has 0 saturated heterocycles. The highest BCUT2D eigenvalue weighted by molar-refractivity contribution is 7.07. The summed E-state index contributed by atoms with van der Waals surface area (Å²) in [6.45, 7) is 7.80. The van der Waals surface area contributed by atoms with E-state index in [-0.39, 0.29) is 12.2 Å². The predicted molar refractivity (Wildman–Crippen MR) is 154 cm³/mol. The number of ether oxygens (including phenoxy) is 2. The molecular weight excluding hydrogens is 534 g/mol. The molecule has 2 aromatic carbocycles. The lowest BCUT2D eigenvalue weighted by atomic mass is 9.96. The predicted octanol–water partition coefficient (Wildman–Crippen LogP) is 4.87. The molecule has 0 aliphatic carbocycles. The van der Waals surface area contributed by atoms with Crippen LogP contribution in [0.4, 0.5) is 0 Å². The molecule has 0 radical (unpaired) electrons. The summed E-state index contributed by atoms with van der Waals surface area (Å²) in [6.07, 6.45) is 1.90. The molecule has 0 spiro atoms. The molecule has 39 heavy (non-hydrogen) atoms. The van der Waals surface area contributed by atoms with E-state index in [1.54, 1.807) is 25.5 Å². The Balaban J connectivity index is 1.68. The number of nitrogens with zero attached hydrogens (tertiary/aromatic N) is 3. The molecule has 0 bridgehead atoms. The Hall–Kier alpha value is -3.88. The molecular formula is C30H28ClN3O4S. The number of carbonyl (C=O) groups excluding carboxylic acids is 1. The van der Waals surface area contributed by atoms with Crippen molar-refractivity contribution in [3.8, 4) is 11.4 Å². The Bertz CT molecular complexity index is 1780. The summed E-state index contributed by atoms with van der Waals surface area (Å²) < 4.78 is 14.9. The fourth-order valence-corrected chi connectivity index (χ4v) is 6.12. The van der Waals surface area contributed by atoms with Crippen molar-refractivity contribution in [2.45, 2.75) is 33.7 Å².